The van der Waals surface area contributed by atoms with Crippen LogP contribution in [0.15, 0.2) is 24.3 Å². The summed E-state index contributed by atoms with van der Waals surface area (Å²) in [5.74, 6) is 0. The van der Waals surface area contributed by atoms with Crippen LogP contribution in [0.3, 0.4) is 0 Å². The molecule has 0 saturated heterocycles. The number of hydrogen-bond donors (Lipinski definition) is 0. The Morgan fingerprint density at radius 2 is 1.85 bits per heavy atom. The third-order valence-corrected chi connectivity index (χ3v) is 2.49. The molecule has 0 N–H and O–H groups in total. The Balaban J connectivity index is 2.46. The molecule has 0 atom stereocenters. The summed E-state index contributed by atoms with van der Waals surface area (Å²) in [6.07, 6.45) is 3.52. The maximum absolute atomic E-state index is 8.59. The predicted octanol–water partition coefficient (Wildman–Crippen LogP) is 3.28. The lowest BCUT2D eigenvalue weighted by Gasteiger charge is -1.99. The van der Waals surface area contributed by atoms with Crippen LogP contribution in [0, 0.1) is 11.3 Å². The second-order valence-electron chi connectivity index (χ2n) is 2.95. The van der Waals surface area contributed by atoms with Crippen molar-refractivity contribution in [3.63, 3.8) is 0 Å². The second kappa shape index (κ2) is 5.77. The molecule has 0 aliphatic carbocycles. The summed E-state index contributed by atoms with van der Waals surface area (Å²) >= 11 is 3.40. The molecule has 0 aliphatic rings. The lowest BCUT2D eigenvalue weighted by Crippen LogP contribution is -1.86. The summed E-state index contributed by atoms with van der Waals surface area (Å²) < 4.78 is 0. The van der Waals surface area contributed by atoms with Gasteiger partial charge in [-0.3, -0.25) is 0 Å². The van der Waals surface area contributed by atoms with Crippen molar-refractivity contribution in [1.82, 2.24) is 0 Å². The highest BCUT2D eigenvalue weighted by Crippen LogP contribution is 2.07. The molecule has 68 valence electrons. The number of alkyl halides is 1. The molecule has 1 aromatic carbocycles. The highest BCUT2D eigenvalue weighted by atomic mass is 79.9. The first kappa shape index (κ1) is 10.3. The molecule has 0 spiro atoms. The van der Waals surface area contributed by atoms with Crippen LogP contribution in [-0.4, -0.2) is 5.33 Å². The van der Waals surface area contributed by atoms with Crippen molar-refractivity contribution in [2.45, 2.75) is 19.3 Å². The first-order chi connectivity index (χ1) is 6.36. The highest BCUT2D eigenvalue weighted by Gasteiger charge is 1.93. The number of benzene rings is 1. The SMILES string of the molecule is N#Cc1ccc(CCCCBr)cc1. The van der Waals surface area contributed by atoms with Crippen LogP contribution in [0.1, 0.15) is 24.0 Å². The molecule has 2 heteroatoms. The van der Waals surface area contributed by atoms with E-state index in [4.69, 9.17) is 5.26 Å². The molecule has 0 aliphatic heterocycles. The lowest BCUT2D eigenvalue weighted by atomic mass is 10.1. The number of aryl methyl sites for hydroxylation is 1. The standard InChI is InChI=1S/C11H12BrN/c12-8-2-1-3-10-4-6-11(9-13)7-5-10/h4-7H,1-3,8H2. The molecule has 1 aromatic rings. The Morgan fingerprint density at radius 3 is 2.38 bits per heavy atom. The monoisotopic (exact) mass is 237 g/mol. The molecule has 1 nitrogen and oxygen atoms in total. The molecular weight excluding hydrogens is 226 g/mol. The smallest absolute Gasteiger partial charge is 0.0991 e. The van der Waals surface area contributed by atoms with Crippen molar-refractivity contribution in [1.29, 1.82) is 5.26 Å². The van der Waals surface area contributed by atoms with E-state index in [0.717, 1.165) is 17.3 Å². The van der Waals surface area contributed by atoms with E-state index in [2.05, 4.69) is 22.0 Å². The van der Waals surface area contributed by atoms with Crippen molar-refractivity contribution in [3.05, 3.63) is 35.4 Å². The zero-order valence-electron chi connectivity index (χ0n) is 7.46. The summed E-state index contributed by atoms with van der Waals surface area (Å²) in [6.45, 7) is 0. The Morgan fingerprint density at radius 1 is 1.15 bits per heavy atom. The molecule has 0 heterocycles. The van der Waals surface area contributed by atoms with Crippen LogP contribution < -0.4 is 0 Å². The number of rotatable bonds is 4. The highest BCUT2D eigenvalue weighted by molar-refractivity contribution is 9.09. The fourth-order valence-corrected chi connectivity index (χ4v) is 1.57. The Kier molecular flexibility index (Phi) is 4.56. The molecular formula is C11H12BrN. The summed E-state index contributed by atoms with van der Waals surface area (Å²) in [4.78, 5) is 0. The van der Waals surface area contributed by atoms with Crippen molar-refractivity contribution >= 4 is 15.9 Å². The van der Waals surface area contributed by atoms with Gasteiger partial charge in [0.2, 0.25) is 0 Å². The molecule has 0 aromatic heterocycles. The molecule has 0 saturated carbocycles. The van der Waals surface area contributed by atoms with Crippen molar-refractivity contribution in [2.24, 2.45) is 0 Å². The lowest BCUT2D eigenvalue weighted by molar-refractivity contribution is 0.806. The van der Waals surface area contributed by atoms with Gasteiger partial charge < -0.3 is 0 Å². The van der Waals surface area contributed by atoms with Gasteiger partial charge in [-0.2, -0.15) is 5.26 Å². The summed E-state index contributed by atoms with van der Waals surface area (Å²) in [5.41, 5.74) is 2.06. The maximum Gasteiger partial charge on any atom is 0.0991 e. The second-order valence-corrected chi connectivity index (χ2v) is 3.75. The largest absolute Gasteiger partial charge is 0.192 e. The van der Waals surface area contributed by atoms with E-state index in [1.807, 2.05) is 24.3 Å². The fourth-order valence-electron chi connectivity index (χ4n) is 1.17. The van der Waals surface area contributed by atoms with Crippen LogP contribution in [0.2, 0.25) is 0 Å². The van der Waals surface area contributed by atoms with Crippen molar-refractivity contribution in [2.75, 3.05) is 5.33 Å². The molecule has 0 fully saturated rings. The van der Waals surface area contributed by atoms with Gasteiger partial charge in [0.05, 0.1) is 11.6 Å². The first-order valence-electron chi connectivity index (χ1n) is 4.42. The average molecular weight is 238 g/mol. The van der Waals surface area contributed by atoms with Gasteiger partial charge in [-0.05, 0) is 37.0 Å². The van der Waals surface area contributed by atoms with Crippen LogP contribution in [0.25, 0.3) is 0 Å². The van der Waals surface area contributed by atoms with E-state index in [9.17, 15) is 0 Å². The van der Waals surface area contributed by atoms with Gasteiger partial charge in [0.1, 0.15) is 0 Å². The number of halogens is 1. The van der Waals surface area contributed by atoms with E-state index in [1.165, 1.54) is 18.4 Å². The minimum Gasteiger partial charge on any atom is -0.192 e. The molecule has 0 radical (unpaired) electrons. The van der Waals surface area contributed by atoms with E-state index < -0.39 is 0 Å². The maximum atomic E-state index is 8.59. The van der Waals surface area contributed by atoms with E-state index >= 15 is 0 Å². The average Bonchev–Trinajstić information content (AvgIpc) is 2.19. The molecule has 0 unspecified atom stereocenters. The third kappa shape index (κ3) is 3.61. The van der Waals surface area contributed by atoms with Crippen LogP contribution in [0.4, 0.5) is 0 Å². The van der Waals surface area contributed by atoms with E-state index in [-0.39, 0.29) is 0 Å². The zero-order chi connectivity index (χ0) is 9.52. The van der Waals surface area contributed by atoms with Gasteiger partial charge in [0, 0.05) is 5.33 Å². The zero-order valence-corrected chi connectivity index (χ0v) is 9.05. The summed E-state index contributed by atoms with van der Waals surface area (Å²) in [6, 6.07) is 9.94. The predicted molar refractivity (Wildman–Crippen MR) is 57.9 cm³/mol. The molecule has 0 amide bonds. The minimum atomic E-state index is 0.740. The topological polar surface area (TPSA) is 23.8 Å². The molecule has 13 heavy (non-hydrogen) atoms. The summed E-state index contributed by atoms with van der Waals surface area (Å²) in [5, 5.41) is 9.66. The van der Waals surface area contributed by atoms with E-state index in [0.29, 0.717) is 0 Å². The third-order valence-electron chi connectivity index (χ3n) is 1.93. The molecule has 0 bridgehead atoms. The van der Waals surface area contributed by atoms with Crippen LogP contribution >= 0.6 is 15.9 Å². The van der Waals surface area contributed by atoms with Gasteiger partial charge in [0.25, 0.3) is 0 Å². The number of unbranched alkanes of at least 4 members (excludes halogenated alkanes) is 1. The number of hydrogen-bond acceptors (Lipinski definition) is 1. The Labute approximate surface area is 87.5 Å². The van der Waals surface area contributed by atoms with Crippen molar-refractivity contribution < 1.29 is 0 Å². The first-order valence-corrected chi connectivity index (χ1v) is 5.54. The van der Waals surface area contributed by atoms with Crippen LogP contribution in [-0.2, 0) is 6.42 Å². The quantitative estimate of drug-likeness (QED) is 0.583. The normalized spacial score (nSPS) is 9.54. The van der Waals surface area contributed by atoms with Gasteiger partial charge >= 0.3 is 0 Å². The van der Waals surface area contributed by atoms with Gasteiger partial charge in [0.15, 0.2) is 0 Å². The Hall–Kier alpha value is -0.810. The minimum absolute atomic E-state index is 0.740. The number of nitriles is 1. The Bertz CT molecular complexity index is 284. The summed E-state index contributed by atoms with van der Waals surface area (Å²) in [7, 11) is 0. The van der Waals surface area contributed by atoms with Crippen LogP contribution in [0.5, 0.6) is 0 Å². The van der Waals surface area contributed by atoms with E-state index in [1.54, 1.807) is 0 Å². The molecule has 1 rings (SSSR count). The van der Waals surface area contributed by atoms with Gasteiger partial charge in [-0.25, -0.2) is 0 Å². The van der Waals surface area contributed by atoms with Crippen molar-refractivity contribution in [3.8, 4) is 6.07 Å². The fraction of sp³-hybridized carbons (Fsp3) is 0.364. The van der Waals surface area contributed by atoms with Gasteiger partial charge in [-0.15, -0.1) is 0 Å². The van der Waals surface area contributed by atoms with Gasteiger partial charge in [-0.1, -0.05) is 28.1 Å². The number of nitrogens with zero attached hydrogens (tertiary/aromatic N) is 1.